The van der Waals surface area contributed by atoms with Gasteiger partial charge in [0.2, 0.25) is 0 Å². The number of pyridine rings is 1. The summed E-state index contributed by atoms with van der Waals surface area (Å²) in [7, 11) is 1.61. The number of hydrogen-bond acceptors (Lipinski definition) is 4. The van der Waals surface area contributed by atoms with Crippen LogP contribution in [0, 0.1) is 0 Å². The third-order valence-electron chi connectivity index (χ3n) is 3.14. The second-order valence-corrected chi connectivity index (χ2v) is 5.08. The van der Waals surface area contributed by atoms with Crippen molar-refractivity contribution >= 4 is 21.8 Å². The minimum atomic E-state index is -0.198. The number of ether oxygens (including phenoxy) is 1. The zero-order valence-electron chi connectivity index (χ0n) is 10.0. The summed E-state index contributed by atoms with van der Waals surface area (Å²) >= 11 is 3.31. The van der Waals surface area contributed by atoms with E-state index in [4.69, 9.17) is 4.74 Å². The van der Waals surface area contributed by atoms with Gasteiger partial charge >= 0.3 is 0 Å². The van der Waals surface area contributed by atoms with Gasteiger partial charge in [0.1, 0.15) is 5.69 Å². The minimum Gasteiger partial charge on any atom is -0.394 e. The van der Waals surface area contributed by atoms with Crippen molar-refractivity contribution in [2.75, 3.05) is 20.3 Å². The number of carbonyl (C=O) groups excluding carboxylic acids is 1. The summed E-state index contributed by atoms with van der Waals surface area (Å²) in [5.41, 5.74) is 0.368. The van der Waals surface area contributed by atoms with Crippen LogP contribution < -0.4 is 0 Å². The van der Waals surface area contributed by atoms with Gasteiger partial charge < -0.3 is 14.7 Å². The molecule has 1 fully saturated rings. The van der Waals surface area contributed by atoms with Crippen molar-refractivity contribution < 1.29 is 14.6 Å². The Labute approximate surface area is 114 Å². The summed E-state index contributed by atoms with van der Waals surface area (Å²) in [6.45, 7) is 0.430. The molecule has 1 N–H and O–H groups in total. The van der Waals surface area contributed by atoms with Gasteiger partial charge in [0.05, 0.1) is 18.8 Å². The molecule has 6 heteroatoms. The molecule has 1 saturated heterocycles. The Balaban J connectivity index is 2.21. The number of aromatic nitrogens is 1. The lowest BCUT2D eigenvalue weighted by Gasteiger charge is -2.22. The molecule has 0 aromatic carbocycles. The standard InChI is InChI=1S/C12H15BrN2O3/c1-18-9-5-8(7-16)15(6-9)12(17)11-10(13)3-2-4-14-11/h2-4,8-9,16H,5-7H2,1H3/t8-,9-/m0/s1. The molecule has 0 spiro atoms. The summed E-state index contributed by atoms with van der Waals surface area (Å²) in [6, 6.07) is 3.33. The normalized spacial score (nSPS) is 23.4. The largest absolute Gasteiger partial charge is 0.394 e. The topological polar surface area (TPSA) is 62.7 Å². The summed E-state index contributed by atoms with van der Waals surface area (Å²) in [4.78, 5) is 18.1. The average Bonchev–Trinajstić information content (AvgIpc) is 2.82. The van der Waals surface area contributed by atoms with Crippen LogP contribution in [-0.4, -0.2) is 53.3 Å². The number of aliphatic hydroxyl groups excluding tert-OH is 1. The van der Waals surface area contributed by atoms with E-state index in [1.165, 1.54) is 0 Å². The molecule has 1 aromatic rings. The maximum Gasteiger partial charge on any atom is 0.274 e. The van der Waals surface area contributed by atoms with Gasteiger partial charge in [-0.25, -0.2) is 4.98 Å². The molecule has 98 valence electrons. The highest BCUT2D eigenvalue weighted by Gasteiger charge is 2.36. The summed E-state index contributed by atoms with van der Waals surface area (Å²) < 4.78 is 5.91. The third-order valence-corrected chi connectivity index (χ3v) is 3.78. The molecular weight excluding hydrogens is 300 g/mol. The van der Waals surface area contributed by atoms with Gasteiger partial charge in [0.25, 0.3) is 5.91 Å². The molecule has 0 aliphatic carbocycles. The van der Waals surface area contributed by atoms with E-state index < -0.39 is 0 Å². The van der Waals surface area contributed by atoms with Crippen molar-refractivity contribution in [3.63, 3.8) is 0 Å². The molecule has 1 amide bonds. The van der Waals surface area contributed by atoms with Gasteiger partial charge in [-0.05, 0) is 34.5 Å². The van der Waals surface area contributed by atoms with Crippen LogP contribution in [0.15, 0.2) is 22.8 Å². The van der Waals surface area contributed by atoms with E-state index in [0.717, 1.165) is 0 Å². The van der Waals surface area contributed by atoms with Gasteiger partial charge in [0.15, 0.2) is 0 Å². The van der Waals surface area contributed by atoms with E-state index >= 15 is 0 Å². The lowest BCUT2D eigenvalue weighted by Crippen LogP contribution is -2.38. The summed E-state index contributed by atoms with van der Waals surface area (Å²) in [5, 5.41) is 9.33. The van der Waals surface area contributed by atoms with Crippen molar-refractivity contribution in [1.82, 2.24) is 9.88 Å². The first kappa shape index (κ1) is 13.5. The first-order valence-electron chi connectivity index (χ1n) is 5.72. The Morgan fingerprint density at radius 2 is 2.50 bits per heavy atom. The highest BCUT2D eigenvalue weighted by Crippen LogP contribution is 2.24. The molecular formula is C12H15BrN2O3. The number of aliphatic hydroxyl groups is 1. The van der Waals surface area contributed by atoms with Gasteiger partial charge in [-0.3, -0.25) is 4.79 Å². The number of rotatable bonds is 3. The Morgan fingerprint density at radius 1 is 1.72 bits per heavy atom. The molecule has 2 atom stereocenters. The first-order chi connectivity index (χ1) is 8.67. The molecule has 0 unspecified atom stereocenters. The molecule has 0 bridgehead atoms. The van der Waals surface area contributed by atoms with Crippen molar-refractivity contribution in [2.45, 2.75) is 18.6 Å². The van der Waals surface area contributed by atoms with Crippen LogP contribution in [0.4, 0.5) is 0 Å². The Kier molecular flexibility index (Phi) is 4.31. The number of methoxy groups -OCH3 is 1. The molecule has 5 nitrogen and oxygen atoms in total. The van der Waals surface area contributed by atoms with E-state index in [1.54, 1.807) is 30.3 Å². The van der Waals surface area contributed by atoms with Gasteiger partial charge in [-0.15, -0.1) is 0 Å². The van der Waals surface area contributed by atoms with Crippen LogP contribution in [-0.2, 0) is 4.74 Å². The van der Waals surface area contributed by atoms with Crippen molar-refractivity contribution in [3.8, 4) is 0 Å². The second-order valence-electron chi connectivity index (χ2n) is 4.22. The zero-order chi connectivity index (χ0) is 13.1. The molecule has 18 heavy (non-hydrogen) atoms. The van der Waals surface area contributed by atoms with Gasteiger partial charge in [-0.2, -0.15) is 0 Å². The number of likely N-dealkylation sites (tertiary alicyclic amines) is 1. The van der Waals surface area contributed by atoms with Crippen LogP contribution in [0.25, 0.3) is 0 Å². The second kappa shape index (κ2) is 5.77. The Morgan fingerprint density at radius 3 is 3.11 bits per heavy atom. The fourth-order valence-electron chi connectivity index (χ4n) is 2.15. The number of carbonyl (C=O) groups is 1. The molecule has 1 aliphatic heterocycles. The monoisotopic (exact) mass is 314 g/mol. The van der Waals surface area contributed by atoms with E-state index in [2.05, 4.69) is 20.9 Å². The Hall–Kier alpha value is -0.980. The average molecular weight is 315 g/mol. The van der Waals surface area contributed by atoms with E-state index in [9.17, 15) is 9.90 Å². The number of hydrogen-bond donors (Lipinski definition) is 1. The third kappa shape index (κ3) is 2.55. The predicted molar refractivity (Wildman–Crippen MR) is 69.3 cm³/mol. The minimum absolute atomic E-state index is 0.0198. The van der Waals surface area contributed by atoms with Crippen LogP contribution in [0.5, 0.6) is 0 Å². The van der Waals surface area contributed by atoms with E-state index in [1.807, 2.05) is 0 Å². The van der Waals surface area contributed by atoms with Gasteiger partial charge in [0, 0.05) is 24.3 Å². The first-order valence-corrected chi connectivity index (χ1v) is 6.51. The molecule has 0 saturated carbocycles. The number of nitrogens with zero attached hydrogens (tertiary/aromatic N) is 2. The maximum absolute atomic E-state index is 12.4. The van der Waals surface area contributed by atoms with E-state index in [0.29, 0.717) is 23.1 Å². The van der Waals surface area contributed by atoms with Crippen LogP contribution in [0.1, 0.15) is 16.9 Å². The lowest BCUT2D eigenvalue weighted by molar-refractivity contribution is 0.0641. The fraction of sp³-hybridized carbons (Fsp3) is 0.500. The lowest BCUT2D eigenvalue weighted by atomic mass is 10.2. The molecule has 2 heterocycles. The van der Waals surface area contributed by atoms with Crippen LogP contribution in [0.3, 0.4) is 0 Å². The van der Waals surface area contributed by atoms with E-state index in [-0.39, 0.29) is 24.7 Å². The highest BCUT2D eigenvalue weighted by atomic mass is 79.9. The smallest absolute Gasteiger partial charge is 0.274 e. The maximum atomic E-state index is 12.4. The number of amides is 1. The SMILES string of the molecule is CO[C@H]1C[C@@H](CO)N(C(=O)c2ncccc2Br)C1. The molecule has 0 radical (unpaired) electrons. The zero-order valence-corrected chi connectivity index (χ0v) is 11.6. The van der Waals surface area contributed by atoms with Gasteiger partial charge in [-0.1, -0.05) is 0 Å². The van der Waals surface area contributed by atoms with Crippen LogP contribution in [0.2, 0.25) is 0 Å². The van der Waals surface area contributed by atoms with Crippen molar-refractivity contribution in [2.24, 2.45) is 0 Å². The summed E-state index contributed by atoms with van der Waals surface area (Å²) in [5.74, 6) is -0.180. The summed E-state index contributed by atoms with van der Waals surface area (Å²) in [6.07, 6.45) is 2.22. The van der Waals surface area contributed by atoms with Crippen LogP contribution >= 0.6 is 15.9 Å². The quantitative estimate of drug-likeness (QED) is 0.906. The van der Waals surface area contributed by atoms with Crippen molar-refractivity contribution in [1.29, 1.82) is 0 Å². The molecule has 1 aromatic heterocycles. The number of halogens is 1. The van der Waals surface area contributed by atoms with Crippen molar-refractivity contribution in [3.05, 3.63) is 28.5 Å². The predicted octanol–water partition coefficient (Wildman–Crippen LogP) is 1.07. The molecule has 1 aliphatic rings. The Bertz CT molecular complexity index is 441. The highest BCUT2D eigenvalue weighted by molar-refractivity contribution is 9.10. The fourth-order valence-corrected chi connectivity index (χ4v) is 2.57. The molecule has 2 rings (SSSR count).